The molecule has 1 N–H and O–H groups in total. The van der Waals surface area contributed by atoms with Crippen molar-refractivity contribution in [1.82, 2.24) is 9.80 Å². The van der Waals surface area contributed by atoms with Gasteiger partial charge in [-0.3, -0.25) is 14.4 Å². The Labute approximate surface area is 155 Å². The largest absolute Gasteiger partial charge is 0.342 e. The van der Waals surface area contributed by atoms with Gasteiger partial charge < -0.3 is 9.80 Å². The van der Waals surface area contributed by atoms with E-state index in [9.17, 15) is 13.8 Å². The molecule has 1 spiro atoms. The fraction of sp³-hybridized carbons (Fsp3) is 0.579. The minimum absolute atomic E-state index is 0.106. The lowest BCUT2D eigenvalue weighted by Gasteiger charge is -2.42. The molecule has 0 aliphatic carbocycles. The first-order valence-electron chi connectivity index (χ1n) is 9.20. The quantitative estimate of drug-likeness (QED) is 0.879. The summed E-state index contributed by atoms with van der Waals surface area (Å²) >= 11 is 0. The van der Waals surface area contributed by atoms with Crippen molar-refractivity contribution in [3.8, 4) is 0 Å². The molecule has 2 aliphatic rings. The molecule has 0 bridgehead atoms. The number of nitrogens with one attached hydrogen (secondary N) is 1. The van der Waals surface area contributed by atoms with Gasteiger partial charge in [0, 0.05) is 46.7 Å². The average Bonchev–Trinajstić information content (AvgIpc) is 3.01. The maximum absolute atomic E-state index is 13.2. The first kappa shape index (κ1) is 18.9. The Bertz CT molecular complexity index is 821. The molecule has 2 unspecified atom stereocenters. The lowest BCUT2D eigenvalue weighted by atomic mass is 9.91. The lowest BCUT2D eigenvalue weighted by molar-refractivity contribution is 0.0609. The van der Waals surface area contributed by atoms with E-state index in [0.717, 1.165) is 25.7 Å². The first-order valence-corrected chi connectivity index (χ1v) is 11.1. The number of nitrogens with zero attached hydrogens (tertiary/aromatic N) is 2. The van der Waals surface area contributed by atoms with Crippen LogP contribution in [-0.2, 0) is 9.73 Å². The zero-order valence-electron chi connectivity index (χ0n) is 15.5. The molecule has 1 aromatic carbocycles. The van der Waals surface area contributed by atoms with Gasteiger partial charge in [-0.05, 0) is 50.8 Å². The van der Waals surface area contributed by atoms with Crippen LogP contribution in [0.5, 0.6) is 0 Å². The summed E-state index contributed by atoms with van der Waals surface area (Å²) in [6.45, 7) is 3.13. The van der Waals surface area contributed by atoms with E-state index in [-0.39, 0.29) is 17.6 Å². The predicted molar refractivity (Wildman–Crippen MR) is 102 cm³/mol. The standard InChI is InChI=1S/C19H27N3O3S/c1-3-21(2)17(23)15-7-4-8-16(13-15)18(24)22-11-5-9-19(22)10-6-12-26(20,25)14-19/h4,7-8,13,20H,3,5-6,9-12,14H2,1-2H3. The highest BCUT2D eigenvalue weighted by Crippen LogP contribution is 2.39. The summed E-state index contributed by atoms with van der Waals surface area (Å²) in [6.07, 6.45) is 3.22. The molecule has 142 valence electrons. The molecule has 2 aliphatic heterocycles. The van der Waals surface area contributed by atoms with Crippen molar-refractivity contribution >= 4 is 21.5 Å². The summed E-state index contributed by atoms with van der Waals surface area (Å²) < 4.78 is 20.5. The molecule has 6 nitrogen and oxygen atoms in total. The van der Waals surface area contributed by atoms with Crippen LogP contribution < -0.4 is 0 Å². The van der Waals surface area contributed by atoms with Gasteiger partial charge in [-0.1, -0.05) is 6.07 Å². The van der Waals surface area contributed by atoms with Crippen LogP contribution in [0.3, 0.4) is 0 Å². The molecule has 2 heterocycles. The maximum Gasteiger partial charge on any atom is 0.254 e. The third-order valence-corrected chi connectivity index (χ3v) is 7.59. The van der Waals surface area contributed by atoms with Crippen molar-refractivity contribution in [1.29, 1.82) is 4.78 Å². The molecule has 2 fully saturated rings. The van der Waals surface area contributed by atoms with Gasteiger partial charge >= 0.3 is 0 Å². The molecular weight excluding hydrogens is 350 g/mol. The van der Waals surface area contributed by atoms with Crippen molar-refractivity contribution in [3.05, 3.63) is 35.4 Å². The molecule has 2 amide bonds. The summed E-state index contributed by atoms with van der Waals surface area (Å²) in [5.41, 5.74) is 0.541. The number of carbonyl (C=O) groups excluding carboxylic acids is 2. The third kappa shape index (κ3) is 3.49. The van der Waals surface area contributed by atoms with E-state index in [0.29, 0.717) is 30.0 Å². The molecule has 2 atom stereocenters. The molecule has 2 saturated heterocycles. The van der Waals surface area contributed by atoms with E-state index in [1.807, 2.05) is 11.8 Å². The van der Waals surface area contributed by atoms with E-state index >= 15 is 0 Å². The van der Waals surface area contributed by atoms with Crippen LogP contribution >= 0.6 is 0 Å². The number of benzene rings is 1. The Morgan fingerprint density at radius 2 is 1.96 bits per heavy atom. The number of likely N-dealkylation sites (tertiary alicyclic amines) is 1. The molecule has 3 rings (SSSR count). The van der Waals surface area contributed by atoms with Crippen LogP contribution in [-0.4, -0.2) is 63.0 Å². The number of rotatable bonds is 3. The van der Waals surface area contributed by atoms with E-state index in [4.69, 9.17) is 4.78 Å². The zero-order chi connectivity index (χ0) is 18.9. The number of hydrogen-bond donors (Lipinski definition) is 1. The summed E-state index contributed by atoms with van der Waals surface area (Å²) in [5.74, 6) is 0.492. The van der Waals surface area contributed by atoms with E-state index in [2.05, 4.69) is 0 Å². The van der Waals surface area contributed by atoms with Crippen LogP contribution in [0.1, 0.15) is 53.3 Å². The van der Waals surface area contributed by atoms with Gasteiger partial charge in [-0.25, -0.2) is 4.21 Å². The Kier molecular flexibility index (Phi) is 5.10. The monoisotopic (exact) mass is 377 g/mol. The molecule has 0 saturated carbocycles. The van der Waals surface area contributed by atoms with Crippen LogP contribution in [0.15, 0.2) is 24.3 Å². The second kappa shape index (κ2) is 7.02. The highest BCUT2D eigenvalue weighted by Gasteiger charge is 2.47. The topological polar surface area (TPSA) is 81.5 Å². The van der Waals surface area contributed by atoms with Crippen LogP contribution in [0, 0.1) is 4.78 Å². The average molecular weight is 378 g/mol. The number of amides is 2. The van der Waals surface area contributed by atoms with Crippen molar-refractivity contribution in [3.63, 3.8) is 0 Å². The molecule has 0 radical (unpaired) electrons. The van der Waals surface area contributed by atoms with Crippen LogP contribution in [0.2, 0.25) is 0 Å². The van der Waals surface area contributed by atoms with Crippen molar-refractivity contribution in [2.24, 2.45) is 0 Å². The Balaban J connectivity index is 1.88. The number of carbonyl (C=O) groups is 2. The van der Waals surface area contributed by atoms with E-state index in [1.54, 1.807) is 36.2 Å². The first-order chi connectivity index (χ1) is 12.3. The van der Waals surface area contributed by atoms with E-state index < -0.39 is 15.3 Å². The van der Waals surface area contributed by atoms with E-state index in [1.165, 1.54) is 0 Å². The SMILES string of the molecule is CCN(C)C(=O)c1cccc(C(=O)N2CCCC23CCCS(=N)(=O)C3)c1. The third-order valence-electron chi connectivity index (χ3n) is 5.64. The maximum atomic E-state index is 13.2. The van der Waals surface area contributed by atoms with Crippen molar-refractivity contribution in [2.45, 2.75) is 38.1 Å². The molecule has 1 aromatic rings. The van der Waals surface area contributed by atoms with Gasteiger partial charge in [0.05, 0.1) is 11.3 Å². The highest BCUT2D eigenvalue weighted by atomic mass is 32.2. The second-order valence-corrected chi connectivity index (χ2v) is 9.77. The van der Waals surface area contributed by atoms with Crippen molar-refractivity contribution in [2.75, 3.05) is 31.6 Å². The summed E-state index contributed by atoms with van der Waals surface area (Å²) in [6, 6.07) is 6.85. The summed E-state index contributed by atoms with van der Waals surface area (Å²) in [7, 11) is -0.879. The molecular formula is C19H27N3O3S. The molecule has 26 heavy (non-hydrogen) atoms. The Hall–Kier alpha value is -1.89. The van der Waals surface area contributed by atoms with Gasteiger partial charge in [-0.2, -0.15) is 0 Å². The molecule has 0 aromatic heterocycles. The van der Waals surface area contributed by atoms with Gasteiger partial charge in [0.1, 0.15) is 0 Å². The lowest BCUT2D eigenvalue weighted by Crippen LogP contribution is -2.54. The fourth-order valence-corrected chi connectivity index (χ4v) is 6.25. The van der Waals surface area contributed by atoms with Gasteiger partial charge in [-0.15, -0.1) is 0 Å². The zero-order valence-corrected chi connectivity index (χ0v) is 16.3. The summed E-state index contributed by atoms with van der Waals surface area (Å²) in [5, 5.41) is 0. The normalized spacial score (nSPS) is 28.3. The minimum atomic E-state index is -2.61. The smallest absolute Gasteiger partial charge is 0.254 e. The van der Waals surface area contributed by atoms with Crippen LogP contribution in [0.25, 0.3) is 0 Å². The van der Waals surface area contributed by atoms with Crippen LogP contribution in [0.4, 0.5) is 0 Å². The Morgan fingerprint density at radius 3 is 2.65 bits per heavy atom. The fourth-order valence-electron chi connectivity index (χ4n) is 4.18. The van der Waals surface area contributed by atoms with Gasteiger partial charge in [0.25, 0.3) is 11.8 Å². The summed E-state index contributed by atoms with van der Waals surface area (Å²) in [4.78, 5) is 29.0. The predicted octanol–water partition coefficient (Wildman–Crippen LogP) is 2.59. The molecule has 7 heteroatoms. The Morgan fingerprint density at radius 1 is 1.27 bits per heavy atom. The minimum Gasteiger partial charge on any atom is -0.342 e. The highest BCUT2D eigenvalue weighted by molar-refractivity contribution is 7.92. The van der Waals surface area contributed by atoms with Gasteiger partial charge in [0.2, 0.25) is 0 Å². The van der Waals surface area contributed by atoms with Crippen molar-refractivity contribution < 1.29 is 13.8 Å². The van der Waals surface area contributed by atoms with Gasteiger partial charge in [0.15, 0.2) is 0 Å². The number of hydrogen-bond acceptors (Lipinski definition) is 4. The second-order valence-electron chi connectivity index (χ2n) is 7.45.